The summed E-state index contributed by atoms with van der Waals surface area (Å²) in [5.74, 6) is -1.35. The van der Waals surface area contributed by atoms with Crippen LogP contribution in [0.1, 0.15) is 6.42 Å². The van der Waals surface area contributed by atoms with Gasteiger partial charge in [0.05, 0.1) is 0 Å². The van der Waals surface area contributed by atoms with Gasteiger partial charge in [0.25, 0.3) is 0 Å². The van der Waals surface area contributed by atoms with E-state index < -0.39 is 27.9 Å². The topological polar surface area (TPSA) is 81.6 Å². The lowest BCUT2D eigenvalue weighted by atomic mass is 10.3. The van der Waals surface area contributed by atoms with Crippen LogP contribution in [0.2, 0.25) is 0 Å². The molecule has 1 N–H and O–H groups in total. The summed E-state index contributed by atoms with van der Waals surface area (Å²) in [4.78, 5) is 0. The van der Waals surface area contributed by atoms with Gasteiger partial charge in [0.2, 0.25) is 0 Å². The second-order valence-corrected chi connectivity index (χ2v) is 5.04. The van der Waals surface area contributed by atoms with Crippen molar-refractivity contribution in [2.24, 2.45) is 4.40 Å². The Morgan fingerprint density at radius 3 is 2.37 bits per heavy atom. The predicted octanol–water partition coefficient (Wildman–Crippen LogP) is 1.10. The molecule has 1 rings (SSSR count). The summed E-state index contributed by atoms with van der Waals surface area (Å²) < 4.78 is 59.1. The fourth-order valence-electron chi connectivity index (χ4n) is 1.10. The highest BCUT2D eigenvalue weighted by Crippen LogP contribution is 2.24. The molecule has 0 aliphatic carbocycles. The third-order valence-electron chi connectivity index (χ3n) is 1.96. The molecule has 0 aliphatic rings. The Labute approximate surface area is 107 Å². The van der Waals surface area contributed by atoms with Gasteiger partial charge in [-0.1, -0.05) is 18.2 Å². The number of nitrogens with one attached hydrogen (secondary N) is 1. The fourth-order valence-corrected chi connectivity index (χ4v) is 1.56. The van der Waals surface area contributed by atoms with Crippen LogP contribution < -0.4 is 10.4 Å². The molecule has 0 heterocycles. The summed E-state index contributed by atoms with van der Waals surface area (Å²) in [5.41, 5.74) is -4.89. The second kappa shape index (κ2) is 5.91. The van der Waals surface area contributed by atoms with Crippen molar-refractivity contribution in [3.63, 3.8) is 0 Å². The average molecular weight is 295 g/mol. The highest BCUT2D eigenvalue weighted by molar-refractivity contribution is 7.91. The maximum absolute atomic E-state index is 11.9. The van der Waals surface area contributed by atoms with Crippen LogP contribution in [-0.2, 0) is 10.0 Å². The molecule has 0 amide bonds. The van der Waals surface area contributed by atoms with Crippen LogP contribution in [0.5, 0.6) is 0 Å². The zero-order chi connectivity index (χ0) is 14.5. The largest absolute Gasteiger partial charge is 0.861 e. The van der Waals surface area contributed by atoms with Crippen molar-refractivity contribution in [1.82, 2.24) is 0 Å². The monoisotopic (exact) mass is 295 g/mol. The van der Waals surface area contributed by atoms with Crippen molar-refractivity contribution in [2.45, 2.75) is 11.9 Å². The highest BCUT2D eigenvalue weighted by Gasteiger charge is 2.45. The molecule has 0 aliphatic heterocycles. The van der Waals surface area contributed by atoms with Gasteiger partial charge in [0, 0.05) is 12.2 Å². The van der Waals surface area contributed by atoms with E-state index in [1.807, 2.05) is 0 Å². The number of rotatable bonds is 5. The van der Waals surface area contributed by atoms with Gasteiger partial charge in [-0.05, 0) is 24.5 Å². The van der Waals surface area contributed by atoms with Crippen molar-refractivity contribution < 1.29 is 26.7 Å². The van der Waals surface area contributed by atoms with Gasteiger partial charge in [0.1, 0.15) is 0 Å². The van der Waals surface area contributed by atoms with Gasteiger partial charge in [-0.3, -0.25) is 0 Å². The minimum atomic E-state index is -5.74. The highest BCUT2D eigenvalue weighted by atomic mass is 32.2. The molecule has 0 aromatic heterocycles. The smallest absolute Gasteiger partial charge is 0.518 e. The number of alkyl halides is 3. The first kappa shape index (κ1) is 15.3. The van der Waals surface area contributed by atoms with Crippen LogP contribution in [0.4, 0.5) is 18.9 Å². The van der Waals surface area contributed by atoms with Gasteiger partial charge in [0.15, 0.2) is 0 Å². The lowest BCUT2D eigenvalue weighted by Crippen LogP contribution is -2.27. The lowest BCUT2D eigenvalue weighted by molar-refractivity contribution is -0.217. The molecule has 0 saturated carbocycles. The number of para-hydroxylation sites is 1. The zero-order valence-corrected chi connectivity index (χ0v) is 10.3. The first-order chi connectivity index (χ1) is 8.72. The number of hydrogen-bond donors (Lipinski definition) is 1. The van der Waals surface area contributed by atoms with Gasteiger partial charge < -0.3 is 10.4 Å². The SMILES string of the molecule is O=S(=O)(/N=C(\[O-])CCNc1ccccc1)C(F)(F)F. The van der Waals surface area contributed by atoms with Crippen LogP contribution in [0.3, 0.4) is 0 Å². The third-order valence-corrected chi connectivity index (χ3v) is 2.99. The molecule has 0 fully saturated rings. The van der Waals surface area contributed by atoms with E-state index in [4.69, 9.17) is 0 Å². The van der Waals surface area contributed by atoms with E-state index in [1.165, 1.54) is 0 Å². The molecule has 1 aromatic carbocycles. The molecule has 0 saturated heterocycles. The van der Waals surface area contributed by atoms with Crippen molar-refractivity contribution >= 4 is 21.6 Å². The molecule has 5 nitrogen and oxygen atoms in total. The van der Waals surface area contributed by atoms with Crippen LogP contribution in [-0.4, -0.2) is 26.4 Å². The number of benzene rings is 1. The van der Waals surface area contributed by atoms with E-state index in [1.54, 1.807) is 30.3 Å². The van der Waals surface area contributed by atoms with Gasteiger partial charge >= 0.3 is 15.5 Å². The van der Waals surface area contributed by atoms with Gasteiger partial charge in [-0.25, -0.2) is 0 Å². The predicted molar refractivity (Wildman–Crippen MR) is 62.0 cm³/mol. The molecule has 0 radical (unpaired) electrons. The van der Waals surface area contributed by atoms with Crippen molar-refractivity contribution in [3.8, 4) is 0 Å². The van der Waals surface area contributed by atoms with Crippen LogP contribution in [0.25, 0.3) is 0 Å². The van der Waals surface area contributed by atoms with Crippen LogP contribution in [0.15, 0.2) is 34.7 Å². The Morgan fingerprint density at radius 2 is 1.84 bits per heavy atom. The number of halogens is 3. The maximum Gasteiger partial charge on any atom is 0.518 e. The summed E-state index contributed by atoms with van der Waals surface area (Å²) in [6.07, 6.45) is -0.454. The molecular formula is C10H10F3N2O3S-. The summed E-state index contributed by atoms with van der Waals surface area (Å²) in [7, 11) is -5.74. The summed E-state index contributed by atoms with van der Waals surface area (Å²) in [6, 6.07) is 8.59. The second-order valence-electron chi connectivity index (χ2n) is 3.45. The lowest BCUT2D eigenvalue weighted by Gasteiger charge is -2.12. The quantitative estimate of drug-likeness (QED) is 0.651. The number of sulfonamides is 1. The van der Waals surface area contributed by atoms with E-state index in [0.29, 0.717) is 5.69 Å². The zero-order valence-electron chi connectivity index (χ0n) is 9.52. The molecular weight excluding hydrogens is 285 g/mol. The average Bonchev–Trinajstić information content (AvgIpc) is 2.28. The summed E-state index contributed by atoms with van der Waals surface area (Å²) in [5, 5.41) is 13.8. The minimum absolute atomic E-state index is 0.0142. The standard InChI is InChI=1S/C10H11F3N2O3S/c11-10(12,13)19(17,18)15-9(16)6-7-14-8-4-2-1-3-5-8/h1-5,14H,6-7H2,(H,15,16)/p-1. The Balaban J connectivity index is 2.55. The molecule has 0 bridgehead atoms. The van der Waals surface area contributed by atoms with Crippen LogP contribution in [0, 0.1) is 0 Å². The van der Waals surface area contributed by atoms with E-state index in [-0.39, 0.29) is 6.54 Å². The number of hydrogen-bond acceptors (Lipinski definition) is 4. The molecule has 1 aromatic rings. The van der Waals surface area contributed by atoms with Crippen molar-refractivity contribution in [1.29, 1.82) is 0 Å². The molecule has 0 unspecified atom stereocenters. The minimum Gasteiger partial charge on any atom is -0.861 e. The summed E-state index contributed by atoms with van der Waals surface area (Å²) >= 11 is 0. The van der Waals surface area contributed by atoms with Gasteiger partial charge in [-0.15, -0.1) is 0 Å². The molecule has 0 atom stereocenters. The molecule has 106 valence electrons. The third kappa shape index (κ3) is 4.78. The van der Waals surface area contributed by atoms with E-state index in [0.717, 1.165) is 0 Å². The molecule has 19 heavy (non-hydrogen) atoms. The Bertz CT molecular complexity index is 541. The number of nitrogens with zero attached hydrogens (tertiary/aromatic N) is 1. The van der Waals surface area contributed by atoms with Crippen LogP contribution >= 0.6 is 0 Å². The summed E-state index contributed by atoms with van der Waals surface area (Å²) in [6.45, 7) is -0.0142. The van der Waals surface area contributed by atoms with Gasteiger partial charge in [-0.2, -0.15) is 26.0 Å². The van der Waals surface area contributed by atoms with E-state index in [9.17, 15) is 26.7 Å². The Hall–Kier alpha value is -1.77. The first-order valence-corrected chi connectivity index (χ1v) is 6.52. The van der Waals surface area contributed by atoms with E-state index >= 15 is 0 Å². The van der Waals surface area contributed by atoms with E-state index in [2.05, 4.69) is 9.71 Å². The fraction of sp³-hybridized carbons (Fsp3) is 0.300. The first-order valence-electron chi connectivity index (χ1n) is 5.08. The van der Waals surface area contributed by atoms with Crippen molar-refractivity contribution in [3.05, 3.63) is 30.3 Å². The number of anilines is 1. The molecule has 0 spiro atoms. The molecule has 9 heteroatoms. The Kier molecular flexibility index (Phi) is 4.76. The van der Waals surface area contributed by atoms with Crippen molar-refractivity contribution in [2.75, 3.05) is 11.9 Å². The maximum atomic E-state index is 11.9. The normalized spacial score (nSPS) is 13.3. The Morgan fingerprint density at radius 1 is 1.26 bits per heavy atom.